The Hall–Kier alpha value is -2.41. The van der Waals surface area contributed by atoms with Gasteiger partial charge in [0.05, 0.1) is 0 Å². The predicted octanol–water partition coefficient (Wildman–Crippen LogP) is 2.14. The molecule has 7 heteroatoms. The van der Waals surface area contributed by atoms with Crippen LogP contribution in [0.1, 0.15) is 35.6 Å². The number of nitrogens with zero attached hydrogens (tertiary/aromatic N) is 1. The van der Waals surface area contributed by atoms with Crippen LogP contribution in [0.25, 0.3) is 0 Å². The molecule has 1 fully saturated rings. The summed E-state index contributed by atoms with van der Waals surface area (Å²) in [4.78, 5) is 26.9. The fourth-order valence-electron chi connectivity index (χ4n) is 3.50. The topological polar surface area (TPSA) is 95.7 Å². The fraction of sp³-hybridized carbons (Fsp3) is 0.333. The van der Waals surface area contributed by atoms with E-state index in [1.54, 1.807) is 36.4 Å². The number of nitrogens with two attached hydrogens (primary N) is 1. The van der Waals surface area contributed by atoms with Crippen LogP contribution in [0.3, 0.4) is 0 Å². The van der Waals surface area contributed by atoms with Crippen LogP contribution in [0.4, 0.5) is 0 Å². The van der Waals surface area contributed by atoms with Gasteiger partial charge in [0.2, 0.25) is 5.91 Å². The van der Waals surface area contributed by atoms with Crippen molar-refractivity contribution >= 4 is 23.4 Å². The van der Waals surface area contributed by atoms with Gasteiger partial charge >= 0.3 is 0 Å². The molecule has 2 amide bonds. The molecule has 6 nitrogen and oxygen atoms in total. The molecule has 1 saturated heterocycles. The number of hydrogen-bond donors (Lipinski definition) is 3. The number of carbonyl (C=O) groups excluding carboxylic acids is 2. The minimum atomic E-state index is -1.27. The standard InChI is InChI=1S/C21H24ClN3O3/c22-17-9-8-15(12-23)16(11-17)13-24-20(27)18-7-4-10-25(18)21(28)19(26)14-5-2-1-3-6-14/h1-3,5-6,8-9,11,18-19,26H,4,7,10,12-13,23H2,(H,24,27)/t18-,19-/m0/s1. The van der Waals surface area contributed by atoms with Gasteiger partial charge < -0.3 is 21.1 Å². The van der Waals surface area contributed by atoms with Crippen LogP contribution in [-0.4, -0.2) is 34.4 Å². The van der Waals surface area contributed by atoms with Gasteiger partial charge in [0.1, 0.15) is 6.04 Å². The van der Waals surface area contributed by atoms with Crippen molar-refractivity contribution in [2.24, 2.45) is 5.73 Å². The SMILES string of the molecule is NCc1ccc(Cl)cc1CNC(=O)[C@@H]1CCCN1C(=O)[C@@H](O)c1ccccc1. The number of benzene rings is 2. The Labute approximate surface area is 169 Å². The van der Waals surface area contributed by atoms with Crippen LogP contribution in [0.15, 0.2) is 48.5 Å². The molecule has 0 aliphatic carbocycles. The van der Waals surface area contributed by atoms with E-state index in [9.17, 15) is 14.7 Å². The monoisotopic (exact) mass is 401 g/mol. The van der Waals surface area contributed by atoms with Crippen LogP contribution in [0.5, 0.6) is 0 Å². The largest absolute Gasteiger partial charge is 0.378 e. The molecule has 28 heavy (non-hydrogen) atoms. The summed E-state index contributed by atoms with van der Waals surface area (Å²) in [6, 6.07) is 13.5. The Morgan fingerprint density at radius 1 is 1.21 bits per heavy atom. The lowest BCUT2D eigenvalue weighted by atomic mass is 10.1. The lowest BCUT2D eigenvalue weighted by Gasteiger charge is -2.26. The average Bonchev–Trinajstić information content (AvgIpc) is 3.21. The van der Waals surface area contributed by atoms with Crippen molar-refractivity contribution in [2.45, 2.75) is 38.1 Å². The smallest absolute Gasteiger partial charge is 0.256 e. The summed E-state index contributed by atoms with van der Waals surface area (Å²) in [5.74, 6) is -0.691. The zero-order valence-corrected chi connectivity index (χ0v) is 16.2. The van der Waals surface area contributed by atoms with Crippen LogP contribution in [-0.2, 0) is 22.7 Å². The Balaban J connectivity index is 1.66. The zero-order chi connectivity index (χ0) is 20.1. The molecule has 0 saturated carbocycles. The Morgan fingerprint density at radius 2 is 1.96 bits per heavy atom. The van der Waals surface area contributed by atoms with Gasteiger partial charge in [-0.15, -0.1) is 0 Å². The van der Waals surface area contributed by atoms with Crippen molar-refractivity contribution in [1.29, 1.82) is 0 Å². The van der Waals surface area contributed by atoms with Crippen molar-refractivity contribution in [3.05, 3.63) is 70.2 Å². The molecule has 0 bridgehead atoms. The molecule has 2 atom stereocenters. The average molecular weight is 402 g/mol. The van der Waals surface area contributed by atoms with Gasteiger partial charge in [0.25, 0.3) is 5.91 Å². The minimum absolute atomic E-state index is 0.242. The van der Waals surface area contributed by atoms with Crippen molar-refractivity contribution in [2.75, 3.05) is 6.54 Å². The third-order valence-corrected chi connectivity index (χ3v) is 5.26. The van der Waals surface area contributed by atoms with Crippen LogP contribution < -0.4 is 11.1 Å². The normalized spacial score (nSPS) is 17.4. The van der Waals surface area contributed by atoms with Gasteiger partial charge in [-0.3, -0.25) is 9.59 Å². The van der Waals surface area contributed by atoms with E-state index >= 15 is 0 Å². The molecule has 2 aromatic rings. The number of likely N-dealkylation sites (tertiary alicyclic amines) is 1. The van der Waals surface area contributed by atoms with E-state index in [-0.39, 0.29) is 12.5 Å². The second kappa shape index (κ2) is 9.19. The van der Waals surface area contributed by atoms with E-state index in [1.165, 1.54) is 4.90 Å². The summed E-state index contributed by atoms with van der Waals surface area (Å²) in [5, 5.41) is 13.9. The number of carbonyl (C=O) groups is 2. The van der Waals surface area contributed by atoms with E-state index in [0.717, 1.165) is 17.5 Å². The lowest BCUT2D eigenvalue weighted by molar-refractivity contribution is -0.145. The third-order valence-electron chi connectivity index (χ3n) is 5.03. The van der Waals surface area contributed by atoms with Crippen LogP contribution >= 0.6 is 11.6 Å². The first-order valence-electron chi connectivity index (χ1n) is 9.30. The number of hydrogen-bond acceptors (Lipinski definition) is 4. The molecule has 0 spiro atoms. The number of nitrogens with one attached hydrogen (secondary N) is 1. The van der Waals surface area contributed by atoms with Crippen molar-refractivity contribution < 1.29 is 14.7 Å². The van der Waals surface area contributed by atoms with Crippen molar-refractivity contribution in [1.82, 2.24) is 10.2 Å². The first-order valence-corrected chi connectivity index (χ1v) is 9.67. The molecule has 1 aliphatic rings. The number of halogens is 1. The van der Waals surface area contributed by atoms with Gasteiger partial charge in [-0.05, 0) is 41.7 Å². The number of aliphatic hydroxyl groups is 1. The maximum atomic E-state index is 12.7. The minimum Gasteiger partial charge on any atom is -0.378 e. The molecule has 0 aromatic heterocycles. The highest BCUT2D eigenvalue weighted by atomic mass is 35.5. The van der Waals surface area contributed by atoms with Crippen LogP contribution in [0.2, 0.25) is 5.02 Å². The van der Waals surface area contributed by atoms with E-state index in [0.29, 0.717) is 30.1 Å². The first kappa shape index (κ1) is 20.3. The molecule has 1 aliphatic heterocycles. The first-order chi connectivity index (χ1) is 13.5. The summed E-state index contributed by atoms with van der Waals surface area (Å²) in [6.45, 7) is 1.08. The van der Waals surface area contributed by atoms with Gasteiger partial charge in [-0.2, -0.15) is 0 Å². The molecule has 148 valence electrons. The highest BCUT2D eigenvalue weighted by molar-refractivity contribution is 6.30. The fourth-order valence-corrected chi connectivity index (χ4v) is 3.69. The Bertz CT molecular complexity index is 844. The highest BCUT2D eigenvalue weighted by Crippen LogP contribution is 2.24. The zero-order valence-electron chi connectivity index (χ0n) is 15.5. The van der Waals surface area contributed by atoms with Crippen molar-refractivity contribution in [3.63, 3.8) is 0 Å². The summed E-state index contributed by atoms with van der Waals surface area (Å²) >= 11 is 6.04. The molecule has 1 heterocycles. The lowest BCUT2D eigenvalue weighted by Crippen LogP contribution is -2.47. The Kier molecular flexibility index (Phi) is 6.67. The second-order valence-corrected chi connectivity index (χ2v) is 7.27. The molecule has 2 aromatic carbocycles. The molecule has 0 unspecified atom stereocenters. The number of amides is 2. The molecular weight excluding hydrogens is 378 g/mol. The predicted molar refractivity (Wildman–Crippen MR) is 107 cm³/mol. The van der Waals surface area contributed by atoms with E-state index in [1.807, 2.05) is 12.1 Å². The van der Waals surface area contributed by atoms with Crippen LogP contribution in [0, 0.1) is 0 Å². The second-order valence-electron chi connectivity index (χ2n) is 6.84. The molecular formula is C21H24ClN3O3. The number of rotatable bonds is 6. The maximum absolute atomic E-state index is 12.7. The summed E-state index contributed by atoms with van der Waals surface area (Å²) < 4.78 is 0. The van der Waals surface area contributed by atoms with E-state index < -0.39 is 18.1 Å². The van der Waals surface area contributed by atoms with Gasteiger partial charge in [0.15, 0.2) is 6.10 Å². The summed E-state index contributed by atoms with van der Waals surface area (Å²) in [6.07, 6.45) is 0.0148. The van der Waals surface area contributed by atoms with Gasteiger partial charge in [-0.1, -0.05) is 48.0 Å². The quantitative estimate of drug-likeness (QED) is 0.691. The number of aliphatic hydroxyl groups excluding tert-OH is 1. The Morgan fingerprint density at radius 3 is 2.68 bits per heavy atom. The third kappa shape index (κ3) is 4.52. The van der Waals surface area contributed by atoms with E-state index in [2.05, 4.69) is 5.32 Å². The highest BCUT2D eigenvalue weighted by Gasteiger charge is 2.36. The maximum Gasteiger partial charge on any atom is 0.256 e. The van der Waals surface area contributed by atoms with E-state index in [4.69, 9.17) is 17.3 Å². The van der Waals surface area contributed by atoms with Crippen molar-refractivity contribution in [3.8, 4) is 0 Å². The summed E-state index contributed by atoms with van der Waals surface area (Å²) in [5.41, 5.74) is 8.02. The molecule has 0 radical (unpaired) electrons. The molecule has 4 N–H and O–H groups in total. The molecule has 3 rings (SSSR count). The van der Waals surface area contributed by atoms with Gasteiger partial charge in [-0.25, -0.2) is 0 Å². The van der Waals surface area contributed by atoms with Gasteiger partial charge in [0, 0.05) is 24.7 Å². The summed E-state index contributed by atoms with van der Waals surface area (Å²) in [7, 11) is 0.